The molecule has 0 aliphatic carbocycles. The molecule has 98 valence electrons. The zero-order chi connectivity index (χ0) is 14.1. The van der Waals surface area contributed by atoms with Gasteiger partial charge in [-0.15, -0.1) is 0 Å². The van der Waals surface area contributed by atoms with Gasteiger partial charge in [0.15, 0.2) is 0 Å². The van der Waals surface area contributed by atoms with Crippen LogP contribution in [-0.4, -0.2) is 15.0 Å². The summed E-state index contributed by atoms with van der Waals surface area (Å²) in [6.45, 7) is 0. The molecule has 20 heavy (non-hydrogen) atoms. The molecule has 5 heteroatoms. The first-order valence-corrected chi connectivity index (χ1v) is 5.99. The Bertz CT molecular complexity index is 801. The van der Waals surface area contributed by atoms with Crippen LogP contribution in [0.25, 0.3) is 22.2 Å². The Labute approximate surface area is 114 Å². The normalized spacial score (nSPS) is 10.6. The van der Waals surface area contributed by atoms with E-state index in [0.717, 1.165) is 5.56 Å². The molecule has 1 aromatic heterocycles. The molecule has 3 rings (SSSR count). The first kappa shape index (κ1) is 12.1. The first-order valence-electron chi connectivity index (χ1n) is 5.99. The van der Waals surface area contributed by atoms with E-state index in [-0.39, 0.29) is 11.4 Å². The third kappa shape index (κ3) is 1.95. The molecule has 0 aliphatic rings. The predicted molar refractivity (Wildman–Crippen MR) is 75.5 cm³/mol. The molecule has 5 nitrogen and oxygen atoms in total. The van der Waals surface area contributed by atoms with E-state index in [4.69, 9.17) is 0 Å². The molecule has 0 saturated heterocycles. The van der Waals surface area contributed by atoms with E-state index in [2.05, 4.69) is 4.98 Å². The van der Waals surface area contributed by atoms with E-state index in [9.17, 15) is 15.2 Å². The molecule has 0 atom stereocenters. The van der Waals surface area contributed by atoms with Crippen molar-refractivity contribution in [1.29, 1.82) is 0 Å². The minimum atomic E-state index is -0.481. The largest absolute Gasteiger partial charge is 0.506 e. The topological polar surface area (TPSA) is 76.3 Å². The molecular formula is C15H10N2O3. The highest BCUT2D eigenvalue weighted by atomic mass is 16.6. The Kier molecular flexibility index (Phi) is 2.80. The number of aromatic hydroxyl groups is 1. The minimum Gasteiger partial charge on any atom is -0.506 e. The lowest BCUT2D eigenvalue weighted by Crippen LogP contribution is -1.92. The van der Waals surface area contributed by atoms with Crippen LogP contribution in [0.1, 0.15) is 0 Å². The highest BCUT2D eigenvalue weighted by Gasteiger charge is 2.15. The van der Waals surface area contributed by atoms with Crippen molar-refractivity contribution in [3.8, 4) is 17.0 Å². The maximum absolute atomic E-state index is 11.0. The van der Waals surface area contributed by atoms with Gasteiger partial charge < -0.3 is 5.11 Å². The molecule has 0 unspecified atom stereocenters. The van der Waals surface area contributed by atoms with Crippen LogP contribution in [0.5, 0.6) is 5.75 Å². The van der Waals surface area contributed by atoms with Crippen LogP contribution in [0.15, 0.2) is 54.6 Å². The van der Waals surface area contributed by atoms with Crippen LogP contribution >= 0.6 is 0 Å². The van der Waals surface area contributed by atoms with Gasteiger partial charge in [0.25, 0.3) is 5.69 Å². The van der Waals surface area contributed by atoms with Crippen LogP contribution in [0.3, 0.4) is 0 Å². The molecule has 0 spiro atoms. The van der Waals surface area contributed by atoms with E-state index in [0.29, 0.717) is 16.6 Å². The van der Waals surface area contributed by atoms with E-state index < -0.39 is 4.92 Å². The summed E-state index contributed by atoms with van der Waals surface area (Å²) in [7, 11) is 0. The number of benzene rings is 2. The predicted octanol–water partition coefficient (Wildman–Crippen LogP) is 3.52. The van der Waals surface area contributed by atoms with Gasteiger partial charge in [0.2, 0.25) is 0 Å². The molecule has 0 amide bonds. The lowest BCUT2D eigenvalue weighted by molar-refractivity contribution is -0.383. The van der Waals surface area contributed by atoms with Gasteiger partial charge in [0.1, 0.15) is 11.4 Å². The SMILES string of the molecule is O=[N+]([O-])c1cccc2nc(-c3ccccc3)c(O)cc12. The number of hydrogen-bond acceptors (Lipinski definition) is 4. The van der Waals surface area contributed by atoms with Gasteiger partial charge in [-0.3, -0.25) is 10.1 Å². The number of nitrogens with zero attached hydrogens (tertiary/aromatic N) is 2. The second kappa shape index (κ2) is 4.62. The summed E-state index contributed by atoms with van der Waals surface area (Å²) in [5.41, 5.74) is 1.60. The third-order valence-corrected chi connectivity index (χ3v) is 3.06. The maximum atomic E-state index is 11.0. The van der Waals surface area contributed by atoms with Crippen LogP contribution in [0, 0.1) is 10.1 Å². The second-order valence-corrected chi connectivity index (χ2v) is 4.32. The zero-order valence-electron chi connectivity index (χ0n) is 10.4. The van der Waals surface area contributed by atoms with Gasteiger partial charge in [0, 0.05) is 11.6 Å². The van der Waals surface area contributed by atoms with Gasteiger partial charge in [-0.1, -0.05) is 36.4 Å². The number of hydrogen-bond donors (Lipinski definition) is 1. The van der Waals surface area contributed by atoms with Crippen LogP contribution < -0.4 is 0 Å². The lowest BCUT2D eigenvalue weighted by atomic mass is 10.1. The minimum absolute atomic E-state index is 0.0649. The van der Waals surface area contributed by atoms with E-state index in [1.165, 1.54) is 12.1 Å². The third-order valence-electron chi connectivity index (χ3n) is 3.06. The van der Waals surface area contributed by atoms with E-state index in [1.807, 2.05) is 30.3 Å². The number of nitro benzene ring substituents is 1. The van der Waals surface area contributed by atoms with Crippen molar-refractivity contribution in [2.75, 3.05) is 0 Å². The fourth-order valence-electron chi connectivity index (χ4n) is 2.14. The smallest absolute Gasteiger partial charge is 0.278 e. The molecule has 1 N–H and O–H groups in total. The molecule has 3 aromatic rings. The maximum Gasteiger partial charge on any atom is 0.278 e. The molecule has 0 radical (unpaired) electrons. The summed E-state index contributed by atoms with van der Waals surface area (Å²) in [6.07, 6.45) is 0. The summed E-state index contributed by atoms with van der Waals surface area (Å²) >= 11 is 0. The van der Waals surface area contributed by atoms with Crippen molar-refractivity contribution >= 4 is 16.6 Å². The van der Waals surface area contributed by atoms with Crippen molar-refractivity contribution in [3.05, 3.63) is 64.7 Å². The summed E-state index contributed by atoms with van der Waals surface area (Å²) in [4.78, 5) is 14.8. The number of non-ortho nitro benzene ring substituents is 1. The Morgan fingerprint density at radius 2 is 1.80 bits per heavy atom. The first-order chi connectivity index (χ1) is 9.66. The molecule has 1 heterocycles. The quantitative estimate of drug-likeness (QED) is 0.568. The Hall–Kier alpha value is -2.95. The number of fused-ring (bicyclic) bond motifs is 1. The fraction of sp³-hybridized carbons (Fsp3) is 0. The van der Waals surface area contributed by atoms with Crippen molar-refractivity contribution in [2.24, 2.45) is 0 Å². The van der Waals surface area contributed by atoms with Crippen molar-refractivity contribution in [2.45, 2.75) is 0 Å². The van der Waals surface area contributed by atoms with Crippen LogP contribution in [-0.2, 0) is 0 Å². The summed E-state index contributed by atoms with van der Waals surface area (Å²) in [5, 5.41) is 21.4. The van der Waals surface area contributed by atoms with E-state index >= 15 is 0 Å². The van der Waals surface area contributed by atoms with Crippen molar-refractivity contribution in [3.63, 3.8) is 0 Å². The number of rotatable bonds is 2. The van der Waals surface area contributed by atoms with Gasteiger partial charge in [-0.05, 0) is 12.1 Å². The van der Waals surface area contributed by atoms with Crippen molar-refractivity contribution < 1.29 is 10.0 Å². The summed E-state index contributed by atoms with van der Waals surface area (Å²) in [6, 6.07) is 15.3. The zero-order valence-corrected chi connectivity index (χ0v) is 10.4. The molecule has 0 saturated carbocycles. The van der Waals surface area contributed by atoms with Gasteiger partial charge >= 0.3 is 0 Å². The highest BCUT2D eigenvalue weighted by Crippen LogP contribution is 2.33. The van der Waals surface area contributed by atoms with Crippen LogP contribution in [0.4, 0.5) is 5.69 Å². The van der Waals surface area contributed by atoms with Crippen LogP contribution in [0.2, 0.25) is 0 Å². The summed E-state index contributed by atoms with van der Waals surface area (Å²) in [5.74, 6) is -0.0713. The van der Waals surface area contributed by atoms with Crippen molar-refractivity contribution in [1.82, 2.24) is 4.98 Å². The molecule has 0 bridgehead atoms. The standard InChI is InChI=1S/C15H10N2O3/c18-14-9-11-12(7-4-8-13(11)17(19)20)16-15(14)10-5-2-1-3-6-10/h1-9,18H. The van der Waals surface area contributed by atoms with Gasteiger partial charge in [-0.25, -0.2) is 4.98 Å². The summed E-state index contributed by atoms with van der Waals surface area (Å²) < 4.78 is 0. The average molecular weight is 266 g/mol. The second-order valence-electron chi connectivity index (χ2n) is 4.32. The molecule has 0 aliphatic heterocycles. The molecule has 0 fully saturated rings. The Morgan fingerprint density at radius 3 is 2.50 bits per heavy atom. The Balaban J connectivity index is 2.29. The average Bonchev–Trinajstić information content (AvgIpc) is 2.46. The van der Waals surface area contributed by atoms with E-state index in [1.54, 1.807) is 12.1 Å². The molecule has 2 aromatic carbocycles. The van der Waals surface area contributed by atoms with Gasteiger partial charge in [0.05, 0.1) is 15.8 Å². The fourth-order valence-corrected chi connectivity index (χ4v) is 2.14. The monoisotopic (exact) mass is 266 g/mol. The number of nitro groups is 1. The number of pyridine rings is 1. The lowest BCUT2D eigenvalue weighted by Gasteiger charge is -2.06. The number of aromatic nitrogens is 1. The highest BCUT2D eigenvalue weighted by molar-refractivity contribution is 5.91. The Morgan fingerprint density at radius 1 is 1.05 bits per heavy atom. The molecular weight excluding hydrogens is 256 g/mol. The van der Waals surface area contributed by atoms with Gasteiger partial charge in [-0.2, -0.15) is 0 Å².